The SMILES string of the molecule is O=C(CN1CCC[C@@H](c2cccc(Cc3cccc(F)c3)n2)C1)Nc1ccccn1. The number of rotatable bonds is 6. The predicted molar refractivity (Wildman–Crippen MR) is 115 cm³/mol. The van der Waals surface area contributed by atoms with Crippen LogP contribution in [0, 0.1) is 5.82 Å². The Balaban J connectivity index is 1.37. The first-order valence-electron chi connectivity index (χ1n) is 10.3. The largest absolute Gasteiger partial charge is 0.310 e. The number of carbonyl (C=O) groups is 1. The first-order chi connectivity index (χ1) is 14.7. The summed E-state index contributed by atoms with van der Waals surface area (Å²) in [5, 5.41) is 2.85. The van der Waals surface area contributed by atoms with E-state index in [4.69, 9.17) is 4.98 Å². The quantitative estimate of drug-likeness (QED) is 0.674. The summed E-state index contributed by atoms with van der Waals surface area (Å²) in [4.78, 5) is 23.5. The highest BCUT2D eigenvalue weighted by atomic mass is 19.1. The average Bonchev–Trinajstić information content (AvgIpc) is 2.75. The maximum atomic E-state index is 13.5. The number of hydrogen-bond acceptors (Lipinski definition) is 4. The molecule has 0 aliphatic carbocycles. The van der Waals surface area contributed by atoms with Gasteiger partial charge in [-0.1, -0.05) is 24.3 Å². The van der Waals surface area contributed by atoms with E-state index in [-0.39, 0.29) is 17.6 Å². The number of carbonyl (C=O) groups excluding carboxylic acids is 1. The zero-order chi connectivity index (χ0) is 20.8. The number of amides is 1. The van der Waals surface area contributed by atoms with Crippen LogP contribution in [-0.2, 0) is 11.2 Å². The molecule has 1 amide bonds. The smallest absolute Gasteiger partial charge is 0.239 e. The Kier molecular flexibility index (Phi) is 6.44. The summed E-state index contributed by atoms with van der Waals surface area (Å²) in [6.07, 6.45) is 4.34. The van der Waals surface area contributed by atoms with E-state index in [1.165, 1.54) is 6.07 Å². The number of anilines is 1. The molecule has 1 atom stereocenters. The van der Waals surface area contributed by atoms with Gasteiger partial charge in [0.15, 0.2) is 0 Å². The third-order valence-corrected chi connectivity index (χ3v) is 5.33. The summed E-state index contributed by atoms with van der Waals surface area (Å²) in [6.45, 7) is 2.04. The zero-order valence-electron chi connectivity index (χ0n) is 16.8. The lowest BCUT2D eigenvalue weighted by molar-refractivity contribution is -0.117. The molecule has 4 rings (SSSR count). The summed E-state index contributed by atoms with van der Waals surface area (Å²) < 4.78 is 13.5. The van der Waals surface area contributed by atoms with Gasteiger partial charge in [0.05, 0.1) is 6.54 Å². The highest BCUT2D eigenvalue weighted by molar-refractivity contribution is 5.91. The molecule has 1 fully saturated rings. The molecule has 6 heteroatoms. The van der Waals surface area contributed by atoms with Gasteiger partial charge in [-0.2, -0.15) is 0 Å². The fourth-order valence-corrected chi connectivity index (χ4v) is 3.94. The molecular formula is C24H25FN4O. The fourth-order valence-electron chi connectivity index (χ4n) is 3.94. The van der Waals surface area contributed by atoms with E-state index >= 15 is 0 Å². The topological polar surface area (TPSA) is 58.1 Å². The first-order valence-corrected chi connectivity index (χ1v) is 10.3. The van der Waals surface area contributed by atoms with Crippen molar-refractivity contribution in [3.05, 3.63) is 89.6 Å². The summed E-state index contributed by atoms with van der Waals surface area (Å²) >= 11 is 0. The molecular weight excluding hydrogens is 379 g/mol. The van der Waals surface area contributed by atoms with Crippen molar-refractivity contribution >= 4 is 11.7 Å². The van der Waals surface area contributed by atoms with Crippen LogP contribution in [0.25, 0.3) is 0 Å². The van der Waals surface area contributed by atoms with Crippen molar-refractivity contribution in [1.82, 2.24) is 14.9 Å². The number of pyridine rings is 2. The van der Waals surface area contributed by atoms with E-state index in [2.05, 4.69) is 21.3 Å². The Morgan fingerprint density at radius 3 is 2.87 bits per heavy atom. The summed E-state index contributed by atoms with van der Waals surface area (Å²) in [6, 6.07) is 18.2. The number of nitrogens with one attached hydrogen (secondary N) is 1. The van der Waals surface area contributed by atoms with Crippen LogP contribution in [-0.4, -0.2) is 40.4 Å². The molecule has 0 spiro atoms. The molecule has 0 bridgehead atoms. The molecule has 0 unspecified atom stereocenters. The summed E-state index contributed by atoms with van der Waals surface area (Å²) in [7, 11) is 0. The first kappa shape index (κ1) is 20.2. The molecule has 1 saturated heterocycles. The van der Waals surface area contributed by atoms with Gasteiger partial charge < -0.3 is 5.32 Å². The van der Waals surface area contributed by atoms with E-state index < -0.39 is 0 Å². The standard InChI is InChI=1S/C24H25FN4O/c25-20-8-3-6-18(14-20)15-21-9-4-10-22(27-21)19-7-5-13-29(16-19)17-24(30)28-23-11-1-2-12-26-23/h1-4,6,8-12,14,19H,5,7,13,15-17H2,(H,26,28,30)/t19-/m1/s1. The zero-order valence-corrected chi connectivity index (χ0v) is 16.8. The lowest BCUT2D eigenvalue weighted by atomic mass is 9.94. The van der Waals surface area contributed by atoms with Crippen LogP contribution in [0.5, 0.6) is 0 Å². The summed E-state index contributed by atoms with van der Waals surface area (Å²) in [5.41, 5.74) is 2.89. The molecule has 154 valence electrons. The van der Waals surface area contributed by atoms with Crippen molar-refractivity contribution in [2.75, 3.05) is 25.0 Å². The van der Waals surface area contributed by atoms with Crippen LogP contribution in [0.15, 0.2) is 66.9 Å². The molecule has 0 radical (unpaired) electrons. The number of halogens is 1. The van der Waals surface area contributed by atoms with E-state index in [0.717, 1.165) is 42.9 Å². The lowest BCUT2D eigenvalue weighted by Crippen LogP contribution is -2.40. The fraction of sp³-hybridized carbons (Fsp3) is 0.292. The van der Waals surface area contributed by atoms with Gasteiger partial charge in [-0.25, -0.2) is 9.37 Å². The van der Waals surface area contributed by atoms with Gasteiger partial charge >= 0.3 is 0 Å². The number of benzene rings is 1. The Bertz CT molecular complexity index is 995. The minimum absolute atomic E-state index is 0.0536. The van der Waals surface area contributed by atoms with Crippen LogP contribution < -0.4 is 5.32 Å². The van der Waals surface area contributed by atoms with Crippen molar-refractivity contribution in [3.63, 3.8) is 0 Å². The minimum Gasteiger partial charge on any atom is -0.310 e. The molecule has 3 heterocycles. The number of nitrogens with zero attached hydrogens (tertiary/aromatic N) is 3. The number of hydrogen-bond donors (Lipinski definition) is 1. The highest BCUT2D eigenvalue weighted by Gasteiger charge is 2.24. The second-order valence-corrected chi connectivity index (χ2v) is 7.70. The minimum atomic E-state index is -0.226. The number of likely N-dealkylation sites (tertiary alicyclic amines) is 1. The Morgan fingerprint density at radius 2 is 2.03 bits per heavy atom. The molecule has 1 N–H and O–H groups in total. The van der Waals surface area contributed by atoms with E-state index in [1.807, 2.05) is 30.3 Å². The monoisotopic (exact) mass is 404 g/mol. The van der Waals surface area contributed by atoms with Gasteiger partial charge in [0, 0.05) is 36.5 Å². The van der Waals surface area contributed by atoms with Crippen LogP contribution in [0.4, 0.5) is 10.2 Å². The molecule has 1 aliphatic rings. The lowest BCUT2D eigenvalue weighted by Gasteiger charge is -2.32. The van der Waals surface area contributed by atoms with Gasteiger partial charge in [0.2, 0.25) is 5.91 Å². The molecule has 0 saturated carbocycles. The van der Waals surface area contributed by atoms with Crippen LogP contribution in [0.3, 0.4) is 0 Å². The summed E-state index contributed by atoms with van der Waals surface area (Å²) in [5.74, 6) is 0.578. The van der Waals surface area contributed by atoms with Crippen LogP contribution in [0.1, 0.15) is 35.7 Å². The molecule has 1 aliphatic heterocycles. The average molecular weight is 404 g/mol. The molecule has 5 nitrogen and oxygen atoms in total. The van der Waals surface area contributed by atoms with Crippen molar-refractivity contribution < 1.29 is 9.18 Å². The van der Waals surface area contributed by atoms with Crippen molar-refractivity contribution in [3.8, 4) is 0 Å². The highest BCUT2D eigenvalue weighted by Crippen LogP contribution is 2.26. The Morgan fingerprint density at radius 1 is 1.13 bits per heavy atom. The van der Waals surface area contributed by atoms with Crippen molar-refractivity contribution in [2.24, 2.45) is 0 Å². The van der Waals surface area contributed by atoms with Crippen LogP contribution >= 0.6 is 0 Å². The van der Waals surface area contributed by atoms with Gasteiger partial charge in [-0.15, -0.1) is 0 Å². The van der Waals surface area contributed by atoms with Gasteiger partial charge in [0.1, 0.15) is 11.6 Å². The number of aromatic nitrogens is 2. The van der Waals surface area contributed by atoms with E-state index in [0.29, 0.717) is 18.8 Å². The second-order valence-electron chi connectivity index (χ2n) is 7.70. The maximum absolute atomic E-state index is 13.5. The Labute approximate surface area is 176 Å². The molecule has 30 heavy (non-hydrogen) atoms. The Hall–Kier alpha value is -3.12. The molecule has 1 aromatic carbocycles. The van der Waals surface area contributed by atoms with Gasteiger partial charge in [-0.3, -0.25) is 14.7 Å². The van der Waals surface area contributed by atoms with Crippen molar-refractivity contribution in [1.29, 1.82) is 0 Å². The molecule has 2 aromatic heterocycles. The number of piperidine rings is 1. The maximum Gasteiger partial charge on any atom is 0.239 e. The third-order valence-electron chi connectivity index (χ3n) is 5.33. The van der Waals surface area contributed by atoms with Crippen molar-refractivity contribution in [2.45, 2.75) is 25.2 Å². The third kappa shape index (κ3) is 5.48. The second kappa shape index (κ2) is 9.59. The van der Waals surface area contributed by atoms with Crippen LogP contribution in [0.2, 0.25) is 0 Å². The normalized spacial score (nSPS) is 16.9. The van der Waals surface area contributed by atoms with Gasteiger partial charge in [-0.05, 0) is 61.3 Å². The van der Waals surface area contributed by atoms with E-state index in [1.54, 1.807) is 24.4 Å². The van der Waals surface area contributed by atoms with Gasteiger partial charge in [0.25, 0.3) is 0 Å². The molecule has 3 aromatic rings. The predicted octanol–water partition coefficient (Wildman–Crippen LogP) is 4.02. The van der Waals surface area contributed by atoms with E-state index in [9.17, 15) is 9.18 Å².